The number of benzene rings is 2. The van der Waals surface area contributed by atoms with Gasteiger partial charge >= 0.3 is 0 Å². The van der Waals surface area contributed by atoms with Crippen LogP contribution in [0.1, 0.15) is 15.9 Å². The Morgan fingerprint density at radius 2 is 2.14 bits per heavy atom. The second-order valence-corrected chi connectivity index (χ2v) is 5.17. The highest BCUT2D eigenvalue weighted by molar-refractivity contribution is 6.05. The third-order valence-electron chi connectivity index (χ3n) is 3.78. The first-order valence-corrected chi connectivity index (χ1v) is 6.91. The molecule has 0 aliphatic carbocycles. The Balaban J connectivity index is 1.59. The van der Waals surface area contributed by atoms with Crippen LogP contribution in [0.5, 0.6) is 0 Å². The summed E-state index contributed by atoms with van der Waals surface area (Å²) in [5.41, 5.74) is 4.65. The number of hydrogen-bond acceptors (Lipinski definition) is 3. The first-order valence-electron chi connectivity index (χ1n) is 6.91. The standard InChI is InChI=1S/C16H14N4O/c21-16(11-2-1-10-5-6-17-14(10)7-11)19-13-4-3-12-9-18-20-15(12)8-13/h1-4,7-9,17H,5-6H2,(H,18,20)(H,19,21). The molecular formula is C16H14N4O. The zero-order valence-electron chi connectivity index (χ0n) is 11.3. The summed E-state index contributed by atoms with van der Waals surface area (Å²) in [6.45, 7) is 0.941. The van der Waals surface area contributed by atoms with Gasteiger partial charge in [0.25, 0.3) is 5.91 Å². The number of nitrogens with one attached hydrogen (secondary N) is 3. The number of nitrogens with zero attached hydrogens (tertiary/aromatic N) is 1. The van der Waals surface area contributed by atoms with Gasteiger partial charge in [0.1, 0.15) is 0 Å². The molecule has 0 saturated carbocycles. The molecule has 0 bridgehead atoms. The van der Waals surface area contributed by atoms with Crippen LogP contribution in [0.4, 0.5) is 11.4 Å². The van der Waals surface area contributed by atoms with Gasteiger partial charge in [0.2, 0.25) is 0 Å². The molecular weight excluding hydrogens is 264 g/mol. The van der Waals surface area contributed by atoms with E-state index in [-0.39, 0.29) is 5.91 Å². The Bertz CT molecular complexity index is 837. The quantitative estimate of drug-likeness (QED) is 0.675. The van der Waals surface area contributed by atoms with E-state index in [9.17, 15) is 4.79 Å². The Labute approximate surface area is 121 Å². The molecule has 21 heavy (non-hydrogen) atoms. The van der Waals surface area contributed by atoms with Crippen LogP contribution in [0.15, 0.2) is 42.6 Å². The van der Waals surface area contributed by atoms with E-state index in [1.807, 2.05) is 36.4 Å². The molecule has 5 heteroatoms. The summed E-state index contributed by atoms with van der Waals surface area (Å²) in [6.07, 6.45) is 2.78. The fourth-order valence-corrected chi connectivity index (χ4v) is 2.65. The Kier molecular flexibility index (Phi) is 2.64. The zero-order chi connectivity index (χ0) is 14.2. The third kappa shape index (κ3) is 2.12. The maximum Gasteiger partial charge on any atom is 0.255 e. The highest BCUT2D eigenvalue weighted by Gasteiger charge is 2.13. The lowest BCUT2D eigenvalue weighted by Gasteiger charge is -2.07. The highest BCUT2D eigenvalue weighted by atomic mass is 16.1. The van der Waals surface area contributed by atoms with Gasteiger partial charge in [-0.3, -0.25) is 9.89 Å². The summed E-state index contributed by atoms with van der Waals surface area (Å²) in [5.74, 6) is -0.106. The van der Waals surface area contributed by atoms with Gasteiger partial charge in [-0.1, -0.05) is 6.07 Å². The average molecular weight is 278 g/mol. The second kappa shape index (κ2) is 4.63. The smallest absolute Gasteiger partial charge is 0.255 e. The van der Waals surface area contributed by atoms with E-state index in [1.165, 1.54) is 5.56 Å². The van der Waals surface area contributed by atoms with Crippen LogP contribution in [0.2, 0.25) is 0 Å². The molecule has 2 heterocycles. The minimum Gasteiger partial charge on any atom is -0.384 e. The first-order chi connectivity index (χ1) is 10.3. The van der Waals surface area contributed by atoms with E-state index in [0.717, 1.165) is 35.2 Å². The predicted molar refractivity (Wildman–Crippen MR) is 82.7 cm³/mol. The van der Waals surface area contributed by atoms with Gasteiger partial charge in [-0.05, 0) is 42.3 Å². The Hall–Kier alpha value is -2.82. The molecule has 0 radical (unpaired) electrons. The number of aromatic nitrogens is 2. The van der Waals surface area contributed by atoms with Crippen molar-refractivity contribution in [3.8, 4) is 0 Å². The van der Waals surface area contributed by atoms with Gasteiger partial charge in [-0.15, -0.1) is 0 Å². The van der Waals surface area contributed by atoms with E-state index >= 15 is 0 Å². The van der Waals surface area contributed by atoms with Crippen molar-refractivity contribution >= 4 is 28.2 Å². The van der Waals surface area contributed by atoms with E-state index in [2.05, 4.69) is 20.8 Å². The lowest BCUT2D eigenvalue weighted by Crippen LogP contribution is -2.12. The Morgan fingerprint density at radius 3 is 3.10 bits per heavy atom. The summed E-state index contributed by atoms with van der Waals surface area (Å²) in [6, 6.07) is 11.5. The van der Waals surface area contributed by atoms with Crippen LogP contribution in [0.3, 0.4) is 0 Å². The van der Waals surface area contributed by atoms with Crippen LogP contribution in [0, 0.1) is 0 Å². The number of carbonyl (C=O) groups is 1. The number of H-pyrrole nitrogens is 1. The van der Waals surface area contributed by atoms with Gasteiger partial charge in [0, 0.05) is 28.9 Å². The van der Waals surface area contributed by atoms with Crippen molar-refractivity contribution in [3.63, 3.8) is 0 Å². The van der Waals surface area contributed by atoms with Crippen molar-refractivity contribution in [2.75, 3.05) is 17.2 Å². The maximum absolute atomic E-state index is 12.3. The minimum atomic E-state index is -0.106. The predicted octanol–water partition coefficient (Wildman–Crippen LogP) is 2.78. The number of fused-ring (bicyclic) bond motifs is 2. The Morgan fingerprint density at radius 1 is 1.19 bits per heavy atom. The largest absolute Gasteiger partial charge is 0.384 e. The number of anilines is 2. The molecule has 3 aromatic rings. The van der Waals surface area contributed by atoms with Gasteiger partial charge in [-0.25, -0.2) is 0 Å². The zero-order valence-corrected chi connectivity index (χ0v) is 11.3. The molecule has 2 aromatic carbocycles. The molecule has 1 aliphatic heterocycles. The second-order valence-electron chi connectivity index (χ2n) is 5.17. The van der Waals surface area contributed by atoms with Crippen molar-refractivity contribution in [2.45, 2.75) is 6.42 Å². The molecule has 5 nitrogen and oxygen atoms in total. The van der Waals surface area contributed by atoms with Crippen LogP contribution >= 0.6 is 0 Å². The average Bonchev–Trinajstić information content (AvgIpc) is 3.14. The summed E-state index contributed by atoms with van der Waals surface area (Å²) in [7, 11) is 0. The topological polar surface area (TPSA) is 69.8 Å². The SMILES string of the molecule is O=C(Nc1ccc2cn[nH]c2c1)c1ccc2c(c1)NCC2. The van der Waals surface area contributed by atoms with E-state index in [1.54, 1.807) is 6.20 Å². The van der Waals surface area contributed by atoms with Gasteiger partial charge in [0.15, 0.2) is 0 Å². The molecule has 3 N–H and O–H groups in total. The highest BCUT2D eigenvalue weighted by Crippen LogP contribution is 2.24. The summed E-state index contributed by atoms with van der Waals surface area (Å²) in [4.78, 5) is 12.3. The lowest BCUT2D eigenvalue weighted by molar-refractivity contribution is 0.102. The van der Waals surface area contributed by atoms with Crippen molar-refractivity contribution in [1.82, 2.24) is 10.2 Å². The fraction of sp³-hybridized carbons (Fsp3) is 0.125. The molecule has 1 aliphatic rings. The van der Waals surface area contributed by atoms with Gasteiger partial charge in [-0.2, -0.15) is 5.10 Å². The summed E-state index contributed by atoms with van der Waals surface area (Å²) < 4.78 is 0. The molecule has 4 rings (SSSR count). The lowest BCUT2D eigenvalue weighted by atomic mass is 10.1. The molecule has 0 unspecified atom stereocenters. The normalized spacial score (nSPS) is 13.0. The van der Waals surface area contributed by atoms with Crippen molar-refractivity contribution < 1.29 is 4.79 Å². The molecule has 104 valence electrons. The maximum atomic E-state index is 12.3. The van der Waals surface area contributed by atoms with Crippen molar-refractivity contribution in [2.24, 2.45) is 0 Å². The fourth-order valence-electron chi connectivity index (χ4n) is 2.65. The molecule has 0 fully saturated rings. The van der Waals surface area contributed by atoms with Crippen molar-refractivity contribution in [1.29, 1.82) is 0 Å². The molecule has 0 atom stereocenters. The number of amides is 1. The van der Waals surface area contributed by atoms with Crippen LogP contribution in [-0.2, 0) is 6.42 Å². The summed E-state index contributed by atoms with van der Waals surface area (Å²) in [5, 5.41) is 14.1. The summed E-state index contributed by atoms with van der Waals surface area (Å²) >= 11 is 0. The van der Waals surface area contributed by atoms with Crippen LogP contribution in [-0.4, -0.2) is 22.6 Å². The first kappa shape index (κ1) is 12.0. The van der Waals surface area contributed by atoms with E-state index in [4.69, 9.17) is 0 Å². The van der Waals surface area contributed by atoms with Crippen molar-refractivity contribution in [3.05, 3.63) is 53.7 Å². The van der Waals surface area contributed by atoms with E-state index in [0.29, 0.717) is 5.56 Å². The third-order valence-corrected chi connectivity index (χ3v) is 3.78. The molecule has 0 saturated heterocycles. The molecule has 1 amide bonds. The molecule has 0 spiro atoms. The molecule has 1 aromatic heterocycles. The van der Waals surface area contributed by atoms with Gasteiger partial charge in [0.05, 0.1) is 11.7 Å². The van der Waals surface area contributed by atoms with Crippen LogP contribution in [0.25, 0.3) is 10.9 Å². The number of hydrogen-bond donors (Lipinski definition) is 3. The number of rotatable bonds is 2. The monoisotopic (exact) mass is 278 g/mol. The van der Waals surface area contributed by atoms with Crippen LogP contribution < -0.4 is 10.6 Å². The van der Waals surface area contributed by atoms with Gasteiger partial charge < -0.3 is 10.6 Å². The van der Waals surface area contributed by atoms with E-state index < -0.39 is 0 Å². The number of aromatic amines is 1. The minimum absolute atomic E-state index is 0.106. The number of carbonyl (C=O) groups excluding carboxylic acids is 1.